The van der Waals surface area contributed by atoms with E-state index in [9.17, 15) is 0 Å². The van der Waals surface area contributed by atoms with Crippen LogP contribution in [0.15, 0.2) is 11.4 Å². The summed E-state index contributed by atoms with van der Waals surface area (Å²) in [6, 6.07) is 2.91. The molecule has 0 fully saturated rings. The first-order valence-corrected chi connectivity index (χ1v) is 4.93. The van der Waals surface area contributed by atoms with Crippen LogP contribution in [0.1, 0.15) is 23.4 Å². The Morgan fingerprint density at radius 2 is 2.45 bits per heavy atom. The van der Waals surface area contributed by atoms with Crippen molar-refractivity contribution < 1.29 is 0 Å². The lowest BCUT2D eigenvalue weighted by Gasteiger charge is -2.29. The summed E-state index contributed by atoms with van der Waals surface area (Å²) in [7, 11) is 2.20. The van der Waals surface area contributed by atoms with Gasteiger partial charge < -0.3 is 0 Å². The number of rotatable bonds is 0. The first-order valence-electron chi connectivity index (χ1n) is 4.05. The van der Waals surface area contributed by atoms with Crippen LogP contribution in [0.4, 0.5) is 0 Å². The Balaban J connectivity index is 2.38. The summed E-state index contributed by atoms with van der Waals surface area (Å²) < 4.78 is 0. The van der Waals surface area contributed by atoms with Gasteiger partial charge in [-0.2, -0.15) is 0 Å². The Kier molecular flexibility index (Phi) is 1.74. The summed E-state index contributed by atoms with van der Waals surface area (Å²) in [5.41, 5.74) is 1.57. The third-order valence-corrected chi connectivity index (χ3v) is 3.68. The van der Waals surface area contributed by atoms with E-state index < -0.39 is 0 Å². The van der Waals surface area contributed by atoms with Crippen LogP contribution in [0.3, 0.4) is 0 Å². The van der Waals surface area contributed by atoms with Crippen molar-refractivity contribution in [3.63, 3.8) is 0 Å². The van der Waals surface area contributed by atoms with E-state index in [4.69, 9.17) is 0 Å². The van der Waals surface area contributed by atoms with E-state index in [1.54, 1.807) is 10.4 Å². The van der Waals surface area contributed by atoms with Gasteiger partial charge >= 0.3 is 0 Å². The highest BCUT2D eigenvalue weighted by atomic mass is 32.1. The monoisotopic (exact) mass is 167 g/mol. The van der Waals surface area contributed by atoms with E-state index in [0.29, 0.717) is 6.04 Å². The molecule has 0 saturated carbocycles. The van der Waals surface area contributed by atoms with Crippen LogP contribution < -0.4 is 0 Å². The molecule has 0 amide bonds. The highest BCUT2D eigenvalue weighted by Crippen LogP contribution is 2.31. The van der Waals surface area contributed by atoms with Crippen molar-refractivity contribution in [3.8, 4) is 0 Å². The van der Waals surface area contributed by atoms with Gasteiger partial charge in [-0.05, 0) is 37.4 Å². The molecule has 0 spiro atoms. The molecule has 0 radical (unpaired) electrons. The second-order valence-electron chi connectivity index (χ2n) is 3.22. The lowest BCUT2D eigenvalue weighted by atomic mass is 10.0. The molecule has 0 bridgehead atoms. The molecule has 0 unspecified atom stereocenters. The maximum atomic E-state index is 2.42. The molecule has 0 N–H and O–H groups in total. The lowest BCUT2D eigenvalue weighted by molar-refractivity contribution is 0.252. The van der Waals surface area contributed by atoms with Gasteiger partial charge in [-0.1, -0.05) is 0 Å². The molecule has 1 aliphatic heterocycles. The van der Waals surface area contributed by atoms with Gasteiger partial charge in [0.15, 0.2) is 0 Å². The van der Waals surface area contributed by atoms with Gasteiger partial charge in [-0.15, -0.1) is 11.3 Å². The minimum Gasteiger partial charge on any atom is -0.298 e. The predicted molar refractivity (Wildman–Crippen MR) is 49.1 cm³/mol. The quantitative estimate of drug-likeness (QED) is 0.573. The molecule has 2 heterocycles. The molecular weight excluding hydrogens is 154 g/mol. The number of hydrogen-bond donors (Lipinski definition) is 0. The molecule has 0 aliphatic carbocycles. The van der Waals surface area contributed by atoms with E-state index in [1.807, 2.05) is 11.3 Å². The molecular formula is C9H13NS. The summed E-state index contributed by atoms with van der Waals surface area (Å²) in [6.07, 6.45) is 1.24. The van der Waals surface area contributed by atoms with Crippen LogP contribution in [-0.2, 0) is 6.42 Å². The molecule has 0 saturated heterocycles. The van der Waals surface area contributed by atoms with Crippen LogP contribution in [0.5, 0.6) is 0 Å². The van der Waals surface area contributed by atoms with E-state index in [0.717, 1.165) is 0 Å². The number of thiophene rings is 1. The molecule has 1 aromatic rings. The second kappa shape index (κ2) is 2.61. The third-order valence-electron chi connectivity index (χ3n) is 2.56. The molecule has 60 valence electrons. The smallest absolute Gasteiger partial charge is 0.0413 e. The fourth-order valence-corrected chi connectivity index (χ4v) is 2.69. The Labute approximate surface area is 71.7 Å². The highest BCUT2D eigenvalue weighted by Gasteiger charge is 2.21. The first-order chi connectivity index (χ1) is 5.29. The van der Waals surface area contributed by atoms with Crippen molar-refractivity contribution in [3.05, 3.63) is 21.9 Å². The van der Waals surface area contributed by atoms with E-state index in [1.165, 1.54) is 13.0 Å². The maximum Gasteiger partial charge on any atom is 0.0413 e. The third kappa shape index (κ3) is 1.10. The zero-order valence-corrected chi connectivity index (χ0v) is 7.82. The standard InChI is InChI=1S/C9H13NS/c1-7-9-8(4-6-11-9)3-5-10(7)2/h4,6-7H,3,5H2,1-2H3/t7-/m0/s1. The maximum absolute atomic E-state index is 2.42. The van der Waals surface area contributed by atoms with E-state index >= 15 is 0 Å². The molecule has 1 aliphatic rings. The average Bonchev–Trinajstić information content (AvgIpc) is 2.45. The summed E-state index contributed by atoms with van der Waals surface area (Å²) in [5, 5.41) is 2.21. The summed E-state index contributed by atoms with van der Waals surface area (Å²) in [4.78, 5) is 3.98. The Hall–Kier alpha value is -0.340. The fourth-order valence-electron chi connectivity index (χ4n) is 1.61. The number of fused-ring (bicyclic) bond motifs is 1. The van der Waals surface area contributed by atoms with Gasteiger partial charge in [0, 0.05) is 17.5 Å². The van der Waals surface area contributed by atoms with Crippen LogP contribution in [0.2, 0.25) is 0 Å². The molecule has 2 heteroatoms. The Morgan fingerprint density at radius 1 is 1.64 bits per heavy atom. The topological polar surface area (TPSA) is 3.24 Å². The van der Waals surface area contributed by atoms with E-state index in [-0.39, 0.29) is 0 Å². The molecule has 1 atom stereocenters. The Morgan fingerprint density at radius 3 is 3.27 bits per heavy atom. The normalized spacial score (nSPS) is 25.1. The zero-order valence-electron chi connectivity index (χ0n) is 7.00. The number of nitrogens with zero attached hydrogens (tertiary/aromatic N) is 1. The van der Waals surface area contributed by atoms with Gasteiger partial charge in [0.05, 0.1) is 0 Å². The number of hydrogen-bond acceptors (Lipinski definition) is 2. The SMILES string of the molecule is C[C@H]1c2sccc2CCN1C. The van der Waals surface area contributed by atoms with Gasteiger partial charge in [0.25, 0.3) is 0 Å². The first kappa shape index (κ1) is 7.32. The van der Waals surface area contributed by atoms with Crippen LogP contribution in [0.25, 0.3) is 0 Å². The van der Waals surface area contributed by atoms with Crippen molar-refractivity contribution in [2.75, 3.05) is 13.6 Å². The van der Waals surface area contributed by atoms with Crippen LogP contribution in [-0.4, -0.2) is 18.5 Å². The minimum atomic E-state index is 0.638. The largest absolute Gasteiger partial charge is 0.298 e. The van der Waals surface area contributed by atoms with Crippen molar-refractivity contribution in [1.29, 1.82) is 0 Å². The van der Waals surface area contributed by atoms with E-state index in [2.05, 4.69) is 30.3 Å². The van der Waals surface area contributed by atoms with Gasteiger partial charge in [0.2, 0.25) is 0 Å². The van der Waals surface area contributed by atoms with Crippen molar-refractivity contribution in [2.45, 2.75) is 19.4 Å². The van der Waals surface area contributed by atoms with Gasteiger partial charge in [-0.3, -0.25) is 4.90 Å². The molecule has 0 aromatic carbocycles. The van der Waals surface area contributed by atoms with Gasteiger partial charge in [0.1, 0.15) is 0 Å². The predicted octanol–water partition coefficient (Wildman–Crippen LogP) is 2.30. The van der Waals surface area contributed by atoms with Crippen LogP contribution >= 0.6 is 11.3 Å². The molecule has 1 aromatic heterocycles. The van der Waals surface area contributed by atoms with Crippen molar-refractivity contribution in [2.24, 2.45) is 0 Å². The second-order valence-corrected chi connectivity index (χ2v) is 4.16. The minimum absolute atomic E-state index is 0.638. The molecule has 2 rings (SSSR count). The zero-order chi connectivity index (χ0) is 7.84. The highest BCUT2D eigenvalue weighted by molar-refractivity contribution is 7.10. The summed E-state index contributed by atoms with van der Waals surface area (Å²) in [6.45, 7) is 3.50. The fraction of sp³-hybridized carbons (Fsp3) is 0.556. The Bertz CT molecular complexity index is 254. The number of likely N-dealkylation sites (N-methyl/N-ethyl adjacent to an activating group) is 1. The lowest BCUT2D eigenvalue weighted by Crippen LogP contribution is -2.28. The molecule has 1 nitrogen and oxygen atoms in total. The van der Waals surface area contributed by atoms with Crippen LogP contribution in [0, 0.1) is 0 Å². The molecule has 11 heavy (non-hydrogen) atoms. The van der Waals surface area contributed by atoms with Gasteiger partial charge in [-0.25, -0.2) is 0 Å². The van der Waals surface area contributed by atoms with Crippen molar-refractivity contribution in [1.82, 2.24) is 4.90 Å². The van der Waals surface area contributed by atoms with Crippen molar-refractivity contribution >= 4 is 11.3 Å². The summed E-state index contributed by atoms with van der Waals surface area (Å²) >= 11 is 1.90. The summed E-state index contributed by atoms with van der Waals surface area (Å²) in [5.74, 6) is 0. The average molecular weight is 167 g/mol.